The van der Waals surface area contributed by atoms with E-state index in [1.165, 1.54) is 18.4 Å². The molecule has 3 nitrogen and oxygen atoms in total. The smallest absolute Gasteiger partial charge is 0.249 e. The minimum absolute atomic E-state index is 0.138. The summed E-state index contributed by atoms with van der Waals surface area (Å²) in [6, 6.07) is 10.7. The first kappa shape index (κ1) is 12.7. The summed E-state index contributed by atoms with van der Waals surface area (Å²) >= 11 is 0. The zero-order valence-corrected chi connectivity index (χ0v) is 11.4. The highest BCUT2D eigenvalue weighted by molar-refractivity contribution is 5.79. The van der Waals surface area contributed by atoms with Gasteiger partial charge >= 0.3 is 0 Å². The van der Waals surface area contributed by atoms with E-state index in [4.69, 9.17) is 4.74 Å². The number of morpholine rings is 1. The van der Waals surface area contributed by atoms with Crippen LogP contribution < -0.4 is 0 Å². The Morgan fingerprint density at radius 1 is 1.21 bits per heavy atom. The fourth-order valence-electron chi connectivity index (χ4n) is 3.42. The van der Waals surface area contributed by atoms with Crippen LogP contribution in [-0.2, 0) is 9.53 Å². The number of amides is 1. The Morgan fingerprint density at radius 3 is 2.74 bits per heavy atom. The molecule has 3 heteroatoms. The Morgan fingerprint density at radius 2 is 1.95 bits per heavy atom. The molecule has 19 heavy (non-hydrogen) atoms. The maximum atomic E-state index is 12.3. The highest BCUT2D eigenvalue weighted by Crippen LogP contribution is 2.34. The van der Waals surface area contributed by atoms with Crippen molar-refractivity contribution in [3.8, 4) is 0 Å². The number of benzene rings is 1. The Labute approximate surface area is 114 Å². The quantitative estimate of drug-likeness (QED) is 0.817. The number of carbonyl (C=O) groups is 1. The second-order valence-corrected chi connectivity index (χ2v) is 5.59. The monoisotopic (exact) mass is 259 g/mol. The van der Waals surface area contributed by atoms with Gasteiger partial charge in [0.05, 0.1) is 18.2 Å². The van der Waals surface area contributed by atoms with Gasteiger partial charge in [-0.3, -0.25) is 4.79 Å². The van der Waals surface area contributed by atoms with Crippen LogP contribution in [0.3, 0.4) is 0 Å². The lowest BCUT2D eigenvalue weighted by Gasteiger charge is -2.46. The van der Waals surface area contributed by atoms with Gasteiger partial charge in [0.25, 0.3) is 0 Å². The molecule has 1 saturated heterocycles. The fourth-order valence-corrected chi connectivity index (χ4v) is 3.42. The van der Waals surface area contributed by atoms with E-state index in [9.17, 15) is 4.79 Å². The first-order valence-electron chi connectivity index (χ1n) is 7.25. The van der Waals surface area contributed by atoms with Gasteiger partial charge in [0.2, 0.25) is 5.91 Å². The number of hydrogen-bond donors (Lipinski definition) is 0. The van der Waals surface area contributed by atoms with Crippen LogP contribution in [0, 0.1) is 0 Å². The summed E-state index contributed by atoms with van der Waals surface area (Å²) in [4.78, 5) is 14.3. The summed E-state index contributed by atoms with van der Waals surface area (Å²) in [5.41, 5.74) is 1.21. The molecule has 0 spiro atoms. The summed E-state index contributed by atoms with van der Waals surface area (Å²) in [5, 5.41) is 0. The number of fused-ring (bicyclic) bond motifs is 1. The first-order chi connectivity index (χ1) is 9.27. The second kappa shape index (κ2) is 5.33. The number of hydrogen-bond acceptors (Lipinski definition) is 2. The van der Waals surface area contributed by atoms with Crippen LogP contribution in [-0.4, -0.2) is 29.6 Å². The van der Waals surface area contributed by atoms with Crippen LogP contribution in [0.2, 0.25) is 0 Å². The van der Waals surface area contributed by atoms with Crippen molar-refractivity contribution in [3.05, 3.63) is 35.9 Å². The van der Waals surface area contributed by atoms with Crippen LogP contribution in [0.25, 0.3) is 0 Å². The van der Waals surface area contributed by atoms with Gasteiger partial charge in [-0.15, -0.1) is 0 Å². The molecule has 2 aliphatic rings. The minimum Gasteiger partial charge on any atom is -0.366 e. The molecule has 1 aromatic carbocycles. The van der Waals surface area contributed by atoms with Crippen LogP contribution in [0.15, 0.2) is 30.3 Å². The third kappa shape index (κ3) is 2.39. The lowest BCUT2D eigenvalue weighted by atomic mass is 9.88. The van der Waals surface area contributed by atoms with Crippen molar-refractivity contribution in [2.45, 2.75) is 50.8 Å². The molecule has 0 bridgehead atoms. The molecule has 3 atom stereocenters. The lowest BCUT2D eigenvalue weighted by molar-refractivity contribution is -0.164. The van der Waals surface area contributed by atoms with E-state index in [0.29, 0.717) is 0 Å². The zero-order chi connectivity index (χ0) is 13.2. The molecule has 0 N–H and O–H groups in total. The van der Waals surface area contributed by atoms with Crippen molar-refractivity contribution < 1.29 is 9.53 Å². The minimum atomic E-state index is 0.138. The molecule has 102 valence electrons. The topological polar surface area (TPSA) is 29.5 Å². The molecule has 0 aromatic heterocycles. The van der Waals surface area contributed by atoms with Gasteiger partial charge < -0.3 is 9.64 Å². The number of nitrogens with zero attached hydrogens (tertiary/aromatic N) is 1. The van der Waals surface area contributed by atoms with Crippen LogP contribution in [0.5, 0.6) is 0 Å². The van der Waals surface area contributed by atoms with Gasteiger partial charge in [-0.25, -0.2) is 0 Å². The van der Waals surface area contributed by atoms with Crippen LogP contribution >= 0.6 is 0 Å². The molecule has 3 rings (SSSR count). The van der Waals surface area contributed by atoms with Crippen molar-refractivity contribution >= 4 is 5.91 Å². The Balaban J connectivity index is 1.85. The first-order valence-corrected chi connectivity index (χ1v) is 7.25. The standard InChI is InChI=1S/C16H21NO2/c1-12(13-7-3-2-4-8-13)17-14-9-5-6-10-15(14)19-11-16(17)18/h2-4,7-8,12,14-15H,5-6,9-11H2,1H3/t12-,14-,15-/m1/s1. The Kier molecular flexibility index (Phi) is 3.56. The van der Waals surface area contributed by atoms with E-state index in [1.807, 2.05) is 18.2 Å². The highest BCUT2D eigenvalue weighted by Gasteiger charge is 2.40. The van der Waals surface area contributed by atoms with Gasteiger partial charge in [0, 0.05) is 0 Å². The van der Waals surface area contributed by atoms with Crippen molar-refractivity contribution in [1.82, 2.24) is 4.90 Å². The van der Waals surface area contributed by atoms with Gasteiger partial charge in [0.15, 0.2) is 0 Å². The van der Waals surface area contributed by atoms with E-state index in [0.717, 1.165) is 12.8 Å². The zero-order valence-electron chi connectivity index (χ0n) is 11.4. The third-order valence-electron chi connectivity index (χ3n) is 4.43. The molecule has 1 saturated carbocycles. The number of ether oxygens (including phenoxy) is 1. The molecule has 0 unspecified atom stereocenters. The van der Waals surface area contributed by atoms with E-state index in [-0.39, 0.29) is 30.7 Å². The summed E-state index contributed by atoms with van der Waals surface area (Å²) < 4.78 is 5.72. The van der Waals surface area contributed by atoms with E-state index >= 15 is 0 Å². The van der Waals surface area contributed by atoms with Crippen LogP contribution in [0.1, 0.15) is 44.2 Å². The Bertz CT molecular complexity index is 445. The van der Waals surface area contributed by atoms with Crippen molar-refractivity contribution in [1.29, 1.82) is 0 Å². The Hall–Kier alpha value is -1.35. The normalized spacial score (nSPS) is 28.9. The molecular formula is C16H21NO2. The largest absolute Gasteiger partial charge is 0.366 e. The van der Waals surface area contributed by atoms with E-state index < -0.39 is 0 Å². The summed E-state index contributed by atoms with van der Waals surface area (Å²) in [6.07, 6.45) is 4.85. The average molecular weight is 259 g/mol. The van der Waals surface area contributed by atoms with Gasteiger partial charge in [-0.1, -0.05) is 43.2 Å². The highest BCUT2D eigenvalue weighted by atomic mass is 16.5. The van der Waals surface area contributed by atoms with E-state index in [2.05, 4.69) is 24.0 Å². The molecule has 1 amide bonds. The molecule has 1 aliphatic heterocycles. The predicted octanol–water partition coefficient (Wildman–Crippen LogP) is 2.92. The molecule has 0 radical (unpaired) electrons. The van der Waals surface area contributed by atoms with Crippen molar-refractivity contribution in [3.63, 3.8) is 0 Å². The SMILES string of the molecule is C[C@H](c1ccccc1)N1C(=O)CO[C@@H]2CCCC[C@H]21. The molecule has 2 fully saturated rings. The summed E-state index contributed by atoms with van der Waals surface area (Å²) in [5.74, 6) is 0.138. The van der Waals surface area contributed by atoms with Crippen molar-refractivity contribution in [2.75, 3.05) is 6.61 Å². The van der Waals surface area contributed by atoms with Crippen molar-refractivity contribution in [2.24, 2.45) is 0 Å². The predicted molar refractivity (Wildman–Crippen MR) is 73.7 cm³/mol. The molecule has 1 aliphatic carbocycles. The van der Waals surface area contributed by atoms with Gasteiger partial charge in [-0.05, 0) is 25.3 Å². The maximum absolute atomic E-state index is 12.3. The molecule has 1 aromatic rings. The third-order valence-corrected chi connectivity index (χ3v) is 4.43. The number of rotatable bonds is 2. The van der Waals surface area contributed by atoms with Crippen LogP contribution in [0.4, 0.5) is 0 Å². The number of carbonyl (C=O) groups excluding carboxylic acids is 1. The maximum Gasteiger partial charge on any atom is 0.249 e. The van der Waals surface area contributed by atoms with E-state index in [1.54, 1.807) is 0 Å². The average Bonchev–Trinajstić information content (AvgIpc) is 2.47. The van der Waals surface area contributed by atoms with Gasteiger partial charge in [0.1, 0.15) is 6.61 Å². The molecular weight excluding hydrogens is 238 g/mol. The molecule has 1 heterocycles. The summed E-state index contributed by atoms with van der Waals surface area (Å²) in [6.45, 7) is 2.38. The second-order valence-electron chi connectivity index (χ2n) is 5.59. The van der Waals surface area contributed by atoms with Gasteiger partial charge in [-0.2, -0.15) is 0 Å². The summed E-state index contributed by atoms with van der Waals surface area (Å²) in [7, 11) is 0. The fraction of sp³-hybridized carbons (Fsp3) is 0.562. The lowest BCUT2D eigenvalue weighted by Crippen LogP contribution is -2.56.